The molecule has 4 heterocycles. The van der Waals surface area contributed by atoms with Crippen LogP contribution in [0.1, 0.15) is 33.6 Å². The molecule has 3 fully saturated rings. The second kappa shape index (κ2) is 20.4. The fourth-order valence-electron chi connectivity index (χ4n) is 7.32. The van der Waals surface area contributed by atoms with Gasteiger partial charge in [0.2, 0.25) is 23.8 Å². The minimum Gasteiger partial charge on any atom is -0.508 e. The van der Waals surface area contributed by atoms with Crippen molar-refractivity contribution in [2.75, 3.05) is 13.2 Å². The van der Waals surface area contributed by atoms with Crippen molar-refractivity contribution < 1.29 is 104 Å². The summed E-state index contributed by atoms with van der Waals surface area (Å²) >= 11 is 0. The van der Waals surface area contributed by atoms with Crippen LogP contribution in [0.15, 0.2) is 69.9 Å². The normalized spacial score (nSPS) is 34.1. The highest BCUT2D eigenvalue weighted by molar-refractivity contribution is 5.89. The number of carbonyl (C=O) groups excluding carboxylic acids is 1. The lowest BCUT2D eigenvalue weighted by molar-refractivity contribution is -0.358. The number of esters is 1. The fourth-order valence-corrected chi connectivity index (χ4v) is 7.32. The van der Waals surface area contributed by atoms with E-state index in [2.05, 4.69) is 6.58 Å². The van der Waals surface area contributed by atoms with E-state index >= 15 is 0 Å². The number of hydrogen-bond donors (Lipinski definition) is 12. The molecule has 16 atom stereocenters. The Hall–Kier alpha value is -4.76. The van der Waals surface area contributed by atoms with Crippen LogP contribution in [-0.4, -0.2) is 178 Å². The molecular weight excluding hydrogens is 868 g/mol. The van der Waals surface area contributed by atoms with Gasteiger partial charge in [-0.05, 0) is 57.9 Å². The summed E-state index contributed by atoms with van der Waals surface area (Å²) in [5, 5.41) is 126. The van der Waals surface area contributed by atoms with Gasteiger partial charge in [0.15, 0.2) is 24.3 Å². The van der Waals surface area contributed by atoms with E-state index in [1.54, 1.807) is 6.92 Å². The van der Waals surface area contributed by atoms with Crippen LogP contribution in [0.2, 0.25) is 0 Å². The molecule has 0 bridgehead atoms. The van der Waals surface area contributed by atoms with Crippen molar-refractivity contribution >= 4 is 16.9 Å². The SMILES string of the molecule is C=C[C@](C)(O)CCC=C(C)C(=O)O[C@H]1[C@H](Oc2cc(O)c3c(=O)c(O[C@@H]4O[C@H](CO)[C@@H](O)[C@H](O)[C@H]4O[C@@H]4O[C@H](CO)[C@@H](O)[C@H](O)[C@H]4O)c(-c4ccc(O)cc4)oc3c2)O[C@@H](C)[C@H](O)[C@H]1O. The van der Waals surface area contributed by atoms with E-state index in [9.17, 15) is 70.9 Å². The molecule has 1 aromatic heterocycles. The van der Waals surface area contributed by atoms with Gasteiger partial charge in [-0.25, -0.2) is 4.79 Å². The van der Waals surface area contributed by atoms with Crippen LogP contribution < -0.4 is 14.9 Å². The summed E-state index contributed by atoms with van der Waals surface area (Å²) < 4.78 is 46.4. The summed E-state index contributed by atoms with van der Waals surface area (Å²) in [5.41, 5.74) is -2.50. The zero-order chi connectivity index (χ0) is 47.7. The Bertz CT molecular complexity index is 2220. The number of aliphatic hydroxyl groups excluding tert-OH is 9. The Balaban J connectivity index is 1.36. The van der Waals surface area contributed by atoms with E-state index in [0.29, 0.717) is 0 Å². The van der Waals surface area contributed by atoms with Gasteiger partial charge in [-0.1, -0.05) is 12.2 Å². The predicted octanol–water partition coefficient (Wildman–Crippen LogP) is -1.71. The molecule has 3 saturated heterocycles. The number of allylic oxidation sites excluding steroid dienone is 1. The molecule has 358 valence electrons. The zero-order valence-electron chi connectivity index (χ0n) is 35.3. The Morgan fingerprint density at radius 3 is 2.03 bits per heavy atom. The summed E-state index contributed by atoms with van der Waals surface area (Å²) in [5.74, 6) is -3.31. The molecule has 0 radical (unpaired) electrons. The number of carbonyl (C=O) groups is 1. The van der Waals surface area contributed by atoms with Crippen molar-refractivity contribution in [1.82, 2.24) is 0 Å². The quantitative estimate of drug-likeness (QED) is 0.0459. The van der Waals surface area contributed by atoms with E-state index < -0.39 is 145 Å². The molecular formula is C43H54O22. The molecule has 0 unspecified atom stereocenters. The second-order valence-electron chi connectivity index (χ2n) is 16.2. The van der Waals surface area contributed by atoms with Gasteiger partial charge in [0.25, 0.3) is 0 Å². The molecule has 6 rings (SSSR count). The number of aliphatic hydroxyl groups is 10. The van der Waals surface area contributed by atoms with Gasteiger partial charge in [-0.2, -0.15) is 0 Å². The standard InChI is InChI=1S/C43H54O22/c1-5-43(4,57)12-6-7-17(2)39(56)63-37-32(53)27(48)18(3)58-41(37)59-21-13-22(47)26-23(14-21)60-35(19-8-10-20(46)11-9-19)36(30(26)51)64-42-38(33(54)29(50)25(16-45)62-42)65-40-34(55)31(52)28(49)24(15-44)61-40/h5,7-11,13-14,18,24-25,27-29,31-34,37-38,40-42,44-50,52-55,57H,1,6,12,15-16H2,2-4H3/t18-,24+,25+,27-,28+,29+,31-,32+,33-,34+,37+,38+,40-,41-,42-,43-/m0/s1. The first kappa shape index (κ1) is 49.7. The number of phenolic OH excluding ortho intramolecular Hbond substituents is 2. The first-order chi connectivity index (χ1) is 30.7. The van der Waals surface area contributed by atoms with Crippen molar-refractivity contribution in [2.24, 2.45) is 0 Å². The molecule has 22 heteroatoms. The molecule has 3 aliphatic heterocycles. The molecule has 2 aromatic carbocycles. The maximum atomic E-state index is 14.5. The van der Waals surface area contributed by atoms with Crippen LogP contribution in [0, 0.1) is 0 Å². The van der Waals surface area contributed by atoms with Gasteiger partial charge in [0.1, 0.15) is 83.2 Å². The molecule has 65 heavy (non-hydrogen) atoms. The van der Waals surface area contributed by atoms with Crippen LogP contribution in [0.5, 0.6) is 23.0 Å². The van der Waals surface area contributed by atoms with Crippen molar-refractivity contribution in [3.05, 3.63) is 70.9 Å². The summed E-state index contributed by atoms with van der Waals surface area (Å²) in [6.45, 7) is 6.22. The third-order valence-corrected chi connectivity index (χ3v) is 11.4. The van der Waals surface area contributed by atoms with Crippen LogP contribution in [0.4, 0.5) is 0 Å². The summed E-state index contributed by atoms with van der Waals surface area (Å²) in [6.07, 6.45) is -22.8. The zero-order valence-corrected chi connectivity index (χ0v) is 35.3. The Morgan fingerprint density at radius 2 is 1.40 bits per heavy atom. The molecule has 3 aliphatic rings. The summed E-state index contributed by atoms with van der Waals surface area (Å²) in [4.78, 5) is 27.6. The first-order valence-electron chi connectivity index (χ1n) is 20.5. The maximum Gasteiger partial charge on any atom is 0.333 e. The molecule has 3 aromatic rings. The number of hydrogen-bond acceptors (Lipinski definition) is 22. The smallest absolute Gasteiger partial charge is 0.333 e. The highest BCUT2D eigenvalue weighted by Gasteiger charge is 2.52. The minimum atomic E-state index is -2.02. The Labute approximate surface area is 369 Å². The highest BCUT2D eigenvalue weighted by Crippen LogP contribution is 2.40. The van der Waals surface area contributed by atoms with E-state index in [0.717, 1.165) is 12.1 Å². The fraction of sp³-hybridized carbons (Fsp3) is 0.535. The second-order valence-corrected chi connectivity index (χ2v) is 16.2. The topological polar surface area (TPSA) is 355 Å². The van der Waals surface area contributed by atoms with Gasteiger partial charge in [-0.15, -0.1) is 6.58 Å². The number of phenols is 2. The average molecular weight is 923 g/mol. The number of aromatic hydroxyl groups is 2. The number of rotatable bonds is 15. The van der Waals surface area contributed by atoms with Crippen molar-refractivity contribution in [3.8, 4) is 34.3 Å². The number of fused-ring (bicyclic) bond motifs is 1. The van der Waals surface area contributed by atoms with Gasteiger partial charge in [0.05, 0.1) is 24.9 Å². The van der Waals surface area contributed by atoms with Crippen molar-refractivity contribution in [1.29, 1.82) is 0 Å². The van der Waals surface area contributed by atoms with Gasteiger partial charge >= 0.3 is 5.97 Å². The lowest BCUT2D eigenvalue weighted by Crippen LogP contribution is -2.65. The van der Waals surface area contributed by atoms with Gasteiger partial charge < -0.3 is 98.9 Å². The summed E-state index contributed by atoms with van der Waals surface area (Å²) in [7, 11) is 0. The third-order valence-electron chi connectivity index (χ3n) is 11.4. The van der Waals surface area contributed by atoms with Crippen molar-refractivity contribution in [2.45, 2.75) is 131 Å². The monoisotopic (exact) mass is 922 g/mol. The summed E-state index contributed by atoms with van der Waals surface area (Å²) in [6, 6.07) is 7.17. The third kappa shape index (κ3) is 10.6. The molecule has 0 saturated carbocycles. The largest absolute Gasteiger partial charge is 0.508 e. The lowest BCUT2D eigenvalue weighted by Gasteiger charge is -2.45. The van der Waals surface area contributed by atoms with Crippen LogP contribution in [0.3, 0.4) is 0 Å². The number of benzene rings is 2. The molecule has 22 nitrogen and oxygen atoms in total. The van der Waals surface area contributed by atoms with E-state index in [-0.39, 0.29) is 41.1 Å². The molecule has 12 N–H and O–H groups in total. The van der Waals surface area contributed by atoms with Crippen LogP contribution >= 0.6 is 0 Å². The van der Waals surface area contributed by atoms with Gasteiger partial charge in [-0.3, -0.25) is 4.79 Å². The maximum absolute atomic E-state index is 14.5. The predicted molar refractivity (Wildman–Crippen MR) is 219 cm³/mol. The van der Waals surface area contributed by atoms with Crippen LogP contribution in [0.25, 0.3) is 22.3 Å². The number of ether oxygens (including phenoxy) is 7. The highest BCUT2D eigenvalue weighted by atomic mass is 16.8. The first-order valence-corrected chi connectivity index (χ1v) is 20.5. The van der Waals surface area contributed by atoms with Crippen LogP contribution in [-0.2, 0) is 28.5 Å². The van der Waals surface area contributed by atoms with E-state index in [4.69, 9.17) is 37.6 Å². The van der Waals surface area contributed by atoms with Crippen molar-refractivity contribution in [3.63, 3.8) is 0 Å². The average Bonchev–Trinajstić information content (AvgIpc) is 3.27. The van der Waals surface area contributed by atoms with E-state index in [1.165, 1.54) is 50.3 Å². The Kier molecular flexibility index (Phi) is 15.6. The molecule has 0 spiro atoms. The molecule has 0 amide bonds. The molecule has 0 aliphatic carbocycles. The minimum absolute atomic E-state index is 0.0640. The van der Waals surface area contributed by atoms with Gasteiger partial charge in [0, 0.05) is 23.3 Å². The van der Waals surface area contributed by atoms with E-state index in [1.807, 2.05) is 0 Å². The lowest BCUT2D eigenvalue weighted by atomic mass is 9.97. The Morgan fingerprint density at radius 1 is 0.800 bits per heavy atom.